The number of hydrogen-bond acceptors (Lipinski definition) is 6. The summed E-state index contributed by atoms with van der Waals surface area (Å²) in [5.41, 5.74) is 0.632. The highest BCUT2D eigenvalue weighted by molar-refractivity contribution is 7.91. The minimum atomic E-state index is -3.01. The van der Waals surface area contributed by atoms with Gasteiger partial charge in [-0.3, -0.25) is 4.79 Å². The molecular formula is C10H15N3O4S. The average molecular weight is 273 g/mol. The predicted molar refractivity (Wildman–Crippen MR) is 63.4 cm³/mol. The lowest BCUT2D eigenvalue weighted by Crippen LogP contribution is -2.47. The second-order valence-electron chi connectivity index (χ2n) is 4.24. The molecule has 1 fully saturated rings. The van der Waals surface area contributed by atoms with Gasteiger partial charge >= 0.3 is 0 Å². The second kappa shape index (κ2) is 5.49. The van der Waals surface area contributed by atoms with E-state index in [1.165, 1.54) is 6.26 Å². The zero-order valence-corrected chi connectivity index (χ0v) is 10.6. The standard InChI is InChI=1S/C10H15N3O4S/c14-10(12-6-8-1-3-17-13-8)5-9-7-18(15,16)4-2-11-9/h1,3,9,11H,2,4-7H2,(H,12,14). The molecule has 1 aliphatic rings. The lowest BCUT2D eigenvalue weighted by Gasteiger charge is -2.22. The van der Waals surface area contributed by atoms with Gasteiger partial charge in [0.15, 0.2) is 9.84 Å². The van der Waals surface area contributed by atoms with E-state index in [-0.39, 0.29) is 36.4 Å². The van der Waals surface area contributed by atoms with Crippen LogP contribution in [0.15, 0.2) is 16.9 Å². The van der Waals surface area contributed by atoms with Gasteiger partial charge in [-0.05, 0) is 0 Å². The molecule has 0 aliphatic carbocycles. The first-order chi connectivity index (χ1) is 8.55. The Labute approximate surface area is 105 Å². The maximum absolute atomic E-state index is 11.6. The number of nitrogens with zero attached hydrogens (tertiary/aromatic N) is 1. The number of amides is 1. The van der Waals surface area contributed by atoms with Gasteiger partial charge in [-0.1, -0.05) is 5.16 Å². The first-order valence-electron chi connectivity index (χ1n) is 5.65. The average Bonchev–Trinajstić information content (AvgIpc) is 2.77. The fraction of sp³-hybridized carbons (Fsp3) is 0.600. The van der Waals surface area contributed by atoms with Crippen molar-refractivity contribution in [3.63, 3.8) is 0 Å². The summed E-state index contributed by atoms with van der Waals surface area (Å²) < 4.78 is 27.4. The molecule has 100 valence electrons. The van der Waals surface area contributed by atoms with Crippen LogP contribution in [-0.4, -0.2) is 43.6 Å². The Balaban J connectivity index is 1.77. The van der Waals surface area contributed by atoms with Gasteiger partial charge < -0.3 is 15.2 Å². The largest absolute Gasteiger partial charge is 0.364 e. The maximum atomic E-state index is 11.6. The summed E-state index contributed by atoms with van der Waals surface area (Å²) in [6, 6.07) is 1.35. The summed E-state index contributed by atoms with van der Waals surface area (Å²) in [6.07, 6.45) is 1.58. The summed E-state index contributed by atoms with van der Waals surface area (Å²) in [4.78, 5) is 11.6. The van der Waals surface area contributed by atoms with Crippen molar-refractivity contribution in [1.82, 2.24) is 15.8 Å². The highest BCUT2D eigenvalue weighted by atomic mass is 32.2. The Hall–Kier alpha value is -1.41. The van der Waals surface area contributed by atoms with E-state index in [9.17, 15) is 13.2 Å². The molecule has 2 N–H and O–H groups in total. The Kier molecular flexibility index (Phi) is 3.97. The normalized spacial score (nSPS) is 22.6. The minimum Gasteiger partial charge on any atom is -0.364 e. The quantitative estimate of drug-likeness (QED) is 0.735. The molecule has 1 aromatic heterocycles. The van der Waals surface area contributed by atoms with Crippen LogP contribution in [0.3, 0.4) is 0 Å². The van der Waals surface area contributed by atoms with Crippen LogP contribution in [0.5, 0.6) is 0 Å². The molecule has 2 rings (SSSR count). The third-order valence-corrected chi connectivity index (χ3v) is 4.43. The monoisotopic (exact) mass is 273 g/mol. The van der Waals surface area contributed by atoms with E-state index in [2.05, 4.69) is 20.3 Å². The van der Waals surface area contributed by atoms with Crippen LogP contribution in [-0.2, 0) is 21.2 Å². The van der Waals surface area contributed by atoms with Crippen molar-refractivity contribution in [1.29, 1.82) is 0 Å². The van der Waals surface area contributed by atoms with Crippen LogP contribution in [0.2, 0.25) is 0 Å². The Morgan fingerprint density at radius 3 is 3.11 bits per heavy atom. The number of aromatic nitrogens is 1. The lowest BCUT2D eigenvalue weighted by molar-refractivity contribution is -0.121. The van der Waals surface area contributed by atoms with E-state index in [1.807, 2.05) is 0 Å². The molecule has 1 aromatic rings. The molecule has 1 unspecified atom stereocenters. The summed E-state index contributed by atoms with van der Waals surface area (Å²) in [5.74, 6) is -0.0401. The third-order valence-electron chi connectivity index (χ3n) is 2.69. The van der Waals surface area contributed by atoms with Crippen LogP contribution < -0.4 is 10.6 Å². The van der Waals surface area contributed by atoms with Crippen molar-refractivity contribution < 1.29 is 17.7 Å². The van der Waals surface area contributed by atoms with Crippen molar-refractivity contribution in [2.45, 2.75) is 19.0 Å². The van der Waals surface area contributed by atoms with Crippen molar-refractivity contribution in [3.05, 3.63) is 18.0 Å². The smallest absolute Gasteiger partial charge is 0.221 e. The fourth-order valence-corrected chi connectivity index (χ4v) is 3.26. The molecule has 7 nitrogen and oxygen atoms in total. The molecule has 0 saturated carbocycles. The van der Waals surface area contributed by atoms with E-state index >= 15 is 0 Å². The molecule has 0 spiro atoms. The van der Waals surface area contributed by atoms with Crippen LogP contribution in [0, 0.1) is 0 Å². The first-order valence-corrected chi connectivity index (χ1v) is 7.47. The number of carbonyl (C=O) groups excluding carboxylic acids is 1. The SMILES string of the molecule is O=C(CC1CS(=O)(=O)CCN1)NCc1ccon1. The van der Waals surface area contributed by atoms with Crippen molar-refractivity contribution in [2.75, 3.05) is 18.1 Å². The highest BCUT2D eigenvalue weighted by Gasteiger charge is 2.25. The minimum absolute atomic E-state index is 0.0182. The Bertz CT molecular complexity index is 497. The Morgan fingerprint density at radius 2 is 2.44 bits per heavy atom. The molecule has 18 heavy (non-hydrogen) atoms. The second-order valence-corrected chi connectivity index (χ2v) is 6.47. The summed E-state index contributed by atoms with van der Waals surface area (Å²) in [7, 11) is -3.01. The van der Waals surface area contributed by atoms with Gasteiger partial charge in [-0.25, -0.2) is 8.42 Å². The van der Waals surface area contributed by atoms with E-state index in [0.29, 0.717) is 12.2 Å². The van der Waals surface area contributed by atoms with Crippen LogP contribution in [0.25, 0.3) is 0 Å². The van der Waals surface area contributed by atoms with Gasteiger partial charge in [0.05, 0.1) is 18.1 Å². The fourth-order valence-electron chi connectivity index (χ4n) is 1.81. The molecule has 8 heteroatoms. The van der Waals surface area contributed by atoms with Crippen LogP contribution >= 0.6 is 0 Å². The van der Waals surface area contributed by atoms with Gasteiger partial charge in [0.2, 0.25) is 5.91 Å². The number of nitrogens with one attached hydrogen (secondary N) is 2. The first kappa shape index (κ1) is 13.0. The molecule has 0 aromatic carbocycles. The molecule has 1 aliphatic heterocycles. The van der Waals surface area contributed by atoms with E-state index in [1.54, 1.807) is 6.07 Å². The van der Waals surface area contributed by atoms with Crippen molar-refractivity contribution in [3.8, 4) is 0 Å². The van der Waals surface area contributed by atoms with Crippen molar-refractivity contribution in [2.24, 2.45) is 0 Å². The summed E-state index contributed by atoms with van der Waals surface area (Å²) in [5, 5.41) is 9.34. The topological polar surface area (TPSA) is 101 Å². The maximum Gasteiger partial charge on any atom is 0.221 e. The zero-order chi connectivity index (χ0) is 13.0. The molecule has 0 bridgehead atoms. The van der Waals surface area contributed by atoms with E-state index in [4.69, 9.17) is 0 Å². The molecule has 0 radical (unpaired) electrons. The number of rotatable bonds is 4. The van der Waals surface area contributed by atoms with Gasteiger partial charge in [0.25, 0.3) is 0 Å². The predicted octanol–water partition coefficient (Wildman–Crippen LogP) is -0.932. The molecule has 2 heterocycles. The molecule has 1 amide bonds. The number of hydrogen-bond donors (Lipinski definition) is 2. The molecule has 1 atom stereocenters. The summed E-state index contributed by atoms with van der Waals surface area (Å²) in [6.45, 7) is 0.693. The van der Waals surface area contributed by atoms with E-state index < -0.39 is 9.84 Å². The Morgan fingerprint density at radius 1 is 1.61 bits per heavy atom. The molecular weight excluding hydrogens is 258 g/mol. The van der Waals surface area contributed by atoms with Gasteiger partial charge in [-0.15, -0.1) is 0 Å². The third kappa shape index (κ3) is 3.81. The zero-order valence-electron chi connectivity index (χ0n) is 9.76. The lowest BCUT2D eigenvalue weighted by atomic mass is 10.2. The highest BCUT2D eigenvalue weighted by Crippen LogP contribution is 2.05. The van der Waals surface area contributed by atoms with E-state index in [0.717, 1.165) is 0 Å². The van der Waals surface area contributed by atoms with Gasteiger partial charge in [-0.2, -0.15) is 0 Å². The molecule has 1 saturated heterocycles. The van der Waals surface area contributed by atoms with Crippen LogP contribution in [0.4, 0.5) is 0 Å². The van der Waals surface area contributed by atoms with Crippen molar-refractivity contribution >= 4 is 15.7 Å². The van der Waals surface area contributed by atoms with Gasteiger partial charge in [0, 0.05) is 25.1 Å². The van der Waals surface area contributed by atoms with Crippen LogP contribution in [0.1, 0.15) is 12.1 Å². The summed E-state index contributed by atoms with van der Waals surface area (Å²) >= 11 is 0. The number of sulfone groups is 1. The van der Waals surface area contributed by atoms with Gasteiger partial charge in [0.1, 0.15) is 12.0 Å². The number of carbonyl (C=O) groups is 1.